The van der Waals surface area contributed by atoms with Crippen LogP contribution in [0.25, 0.3) is 21.5 Å². The average Bonchev–Trinajstić information content (AvgIpc) is 2.74. The molecule has 0 spiro atoms. The summed E-state index contributed by atoms with van der Waals surface area (Å²) >= 11 is 1.86. The fourth-order valence-electron chi connectivity index (χ4n) is 3.19. The van der Waals surface area contributed by atoms with Crippen molar-refractivity contribution in [2.75, 3.05) is 18.6 Å². The summed E-state index contributed by atoms with van der Waals surface area (Å²) in [5.74, 6) is 1.18. The van der Waals surface area contributed by atoms with E-state index in [1.807, 2.05) is 36.0 Å². The summed E-state index contributed by atoms with van der Waals surface area (Å²) in [6.07, 6.45) is 6.35. The normalized spacial score (nSPS) is 10.4. The highest BCUT2D eigenvalue weighted by Crippen LogP contribution is 2.29. The van der Waals surface area contributed by atoms with E-state index in [1.165, 1.54) is 29.4 Å². The van der Waals surface area contributed by atoms with Crippen molar-refractivity contribution in [3.63, 3.8) is 0 Å². The van der Waals surface area contributed by atoms with Crippen LogP contribution in [0.4, 0.5) is 4.79 Å². The number of nitrogens with one attached hydrogen (secondary N) is 1. The van der Waals surface area contributed by atoms with Gasteiger partial charge in [-0.2, -0.15) is 11.8 Å². The highest BCUT2D eigenvalue weighted by molar-refractivity contribution is 7.98. The van der Waals surface area contributed by atoms with Gasteiger partial charge >= 0.3 is 6.09 Å². The Balaban J connectivity index is 0.00000106. The van der Waals surface area contributed by atoms with Crippen molar-refractivity contribution in [2.24, 2.45) is 0 Å². The first-order valence-electron chi connectivity index (χ1n) is 10.5. The lowest BCUT2D eigenvalue weighted by Crippen LogP contribution is -2.25. The van der Waals surface area contributed by atoms with Gasteiger partial charge < -0.3 is 10.1 Å². The Morgan fingerprint density at radius 3 is 2.14 bits per heavy atom. The van der Waals surface area contributed by atoms with Crippen LogP contribution in [0.3, 0.4) is 0 Å². The molecular weight excluding hydrogens is 378 g/mol. The van der Waals surface area contributed by atoms with Crippen molar-refractivity contribution in [1.29, 1.82) is 0 Å². The molecule has 0 atom stereocenters. The van der Waals surface area contributed by atoms with Crippen molar-refractivity contribution >= 4 is 39.4 Å². The van der Waals surface area contributed by atoms with Crippen LogP contribution in [0.1, 0.15) is 46.5 Å². The van der Waals surface area contributed by atoms with Crippen LogP contribution in [0, 0.1) is 0 Å². The quantitative estimate of drug-likeness (QED) is 0.308. The molecule has 0 aliphatic heterocycles. The maximum Gasteiger partial charge on any atom is 0.407 e. The molecule has 3 aromatic rings. The second-order valence-electron chi connectivity index (χ2n) is 7.06. The predicted octanol–water partition coefficient (Wildman–Crippen LogP) is 7.41. The van der Waals surface area contributed by atoms with Crippen LogP contribution >= 0.6 is 11.8 Å². The minimum Gasteiger partial charge on any atom is -0.445 e. The monoisotopic (exact) mass is 413 g/mol. The molecule has 1 amide bonds. The molecule has 0 saturated carbocycles. The van der Waals surface area contributed by atoms with Crippen molar-refractivity contribution < 1.29 is 11.0 Å². The standard InChI is InChI=1S/C22H25NO2S.C3H8.H2/c1-26-14-8-2-7-13-23-22(24)25-16-21-19-11-5-3-9-17(19)15-18-10-4-6-12-20(18)21;1-3-2;/h3-6,9-12,15H,2,7-8,13-14,16H2,1H3,(H,23,24);3H2,1-2H3;1H. The van der Waals surface area contributed by atoms with Crippen LogP contribution in [-0.4, -0.2) is 24.6 Å². The lowest BCUT2D eigenvalue weighted by Gasteiger charge is -2.12. The molecule has 29 heavy (non-hydrogen) atoms. The summed E-state index contributed by atoms with van der Waals surface area (Å²) in [5, 5.41) is 7.46. The maximum atomic E-state index is 12.0. The van der Waals surface area contributed by atoms with E-state index in [2.05, 4.69) is 55.8 Å². The second-order valence-corrected chi connectivity index (χ2v) is 8.05. The molecular formula is C25H35NO2S. The Labute approximate surface area is 180 Å². The van der Waals surface area contributed by atoms with Gasteiger partial charge in [0.2, 0.25) is 0 Å². The van der Waals surface area contributed by atoms with Gasteiger partial charge in [-0.1, -0.05) is 75.2 Å². The third-order valence-electron chi connectivity index (χ3n) is 4.53. The molecule has 158 valence electrons. The van der Waals surface area contributed by atoms with Gasteiger partial charge in [0.05, 0.1) is 0 Å². The van der Waals surface area contributed by atoms with E-state index < -0.39 is 0 Å². The molecule has 3 rings (SSSR count). The van der Waals surface area contributed by atoms with Gasteiger partial charge in [0.1, 0.15) is 6.61 Å². The fraction of sp³-hybridized carbons (Fsp3) is 0.400. The first-order chi connectivity index (χ1) is 14.2. The predicted molar refractivity (Wildman–Crippen MR) is 130 cm³/mol. The number of unbranched alkanes of at least 4 members (excludes halogenated alkanes) is 2. The zero-order valence-electron chi connectivity index (χ0n) is 17.9. The molecule has 4 heteroatoms. The summed E-state index contributed by atoms with van der Waals surface area (Å²) in [6.45, 7) is 5.20. The lowest BCUT2D eigenvalue weighted by atomic mass is 9.97. The van der Waals surface area contributed by atoms with Crippen molar-refractivity contribution in [1.82, 2.24) is 5.32 Å². The fourth-order valence-corrected chi connectivity index (χ4v) is 3.68. The van der Waals surface area contributed by atoms with E-state index in [1.54, 1.807) is 0 Å². The van der Waals surface area contributed by atoms with Crippen LogP contribution in [0.2, 0.25) is 0 Å². The minimum absolute atomic E-state index is 0. The third kappa shape index (κ3) is 7.28. The molecule has 0 heterocycles. The molecule has 3 aromatic carbocycles. The topological polar surface area (TPSA) is 38.3 Å². The van der Waals surface area contributed by atoms with Gasteiger partial charge in [0.25, 0.3) is 0 Å². The summed E-state index contributed by atoms with van der Waals surface area (Å²) in [4.78, 5) is 12.0. The molecule has 3 nitrogen and oxygen atoms in total. The van der Waals surface area contributed by atoms with Crippen LogP contribution in [-0.2, 0) is 11.3 Å². The highest BCUT2D eigenvalue weighted by atomic mass is 32.2. The third-order valence-corrected chi connectivity index (χ3v) is 5.22. The molecule has 0 aliphatic carbocycles. The van der Waals surface area contributed by atoms with Crippen molar-refractivity contribution in [3.05, 3.63) is 60.2 Å². The van der Waals surface area contributed by atoms with E-state index >= 15 is 0 Å². The van der Waals surface area contributed by atoms with Gasteiger partial charge in [0, 0.05) is 13.5 Å². The molecule has 0 unspecified atom stereocenters. The number of amides is 1. The Morgan fingerprint density at radius 1 is 0.966 bits per heavy atom. The second kappa shape index (κ2) is 13.1. The number of thioether (sulfide) groups is 1. The van der Waals surface area contributed by atoms with Gasteiger partial charge in [-0.15, -0.1) is 0 Å². The molecule has 0 fully saturated rings. The van der Waals surface area contributed by atoms with E-state index in [-0.39, 0.29) is 14.1 Å². The minimum atomic E-state index is -0.341. The van der Waals surface area contributed by atoms with Gasteiger partial charge in [-0.3, -0.25) is 0 Å². The number of fused-ring (bicyclic) bond motifs is 2. The molecule has 0 radical (unpaired) electrons. The zero-order valence-corrected chi connectivity index (χ0v) is 18.7. The molecule has 0 saturated heterocycles. The Hall–Kier alpha value is -2.20. The van der Waals surface area contributed by atoms with Crippen molar-refractivity contribution in [2.45, 2.75) is 46.1 Å². The molecule has 0 bridgehead atoms. The summed E-state index contributed by atoms with van der Waals surface area (Å²) < 4.78 is 5.52. The van der Waals surface area contributed by atoms with Crippen molar-refractivity contribution in [3.8, 4) is 0 Å². The first-order valence-corrected chi connectivity index (χ1v) is 11.9. The van der Waals surface area contributed by atoms with Crippen LogP contribution in [0.5, 0.6) is 0 Å². The number of alkyl carbamates (subject to hydrolysis) is 1. The number of benzene rings is 3. The maximum absolute atomic E-state index is 12.0. The lowest BCUT2D eigenvalue weighted by molar-refractivity contribution is 0.140. The van der Waals surface area contributed by atoms with Crippen LogP contribution < -0.4 is 5.32 Å². The number of hydrogen-bond donors (Lipinski definition) is 1. The number of carbonyl (C=O) groups is 1. The van der Waals surface area contributed by atoms with Gasteiger partial charge in [-0.05, 0) is 52.5 Å². The SMILES string of the molecule is CCC.CSCCCCCNC(=O)OCc1c2ccccc2cc2ccccc12.[HH]. The number of carbonyl (C=O) groups excluding carboxylic acids is 1. The van der Waals surface area contributed by atoms with Gasteiger partial charge in [0.15, 0.2) is 0 Å². The summed E-state index contributed by atoms with van der Waals surface area (Å²) in [5.41, 5.74) is 1.06. The first kappa shape index (κ1) is 23.1. The summed E-state index contributed by atoms with van der Waals surface area (Å²) in [6, 6.07) is 18.7. The highest BCUT2D eigenvalue weighted by Gasteiger charge is 2.10. The largest absolute Gasteiger partial charge is 0.445 e. The Bertz CT molecular complexity index is 847. The average molecular weight is 414 g/mol. The van der Waals surface area contributed by atoms with Crippen LogP contribution in [0.15, 0.2) is 54.6 Å². The smallest absolute Gasteiger partial charge is 0.407 e. The Kier molecular flexibility index (Phi) is 10.4. The van der Waals surface area contributed by atoms with E-state index in [9.17, 15) is 4.79 Å². The molecule has 1 N–H and O–H groups in total. The Morgan fingerprint density at radius 2 is 1.55 bits per heavy atom. The number of ether oxygens (including phenoxy) is 1. The van der Waals surface area contributed by atoms with E-state index in [0.717, 1.165) is 29.2 Å². The number of hydrogen-bond acceptors (Lipinski definition) is 3. The zero-order chi connectivity index (χ0) is 20.9. The van der Waals surface area contributed by atoms with E-state index in [0.29, 0.717) is 6.54 Å². The number of rotatable bonds is 8. The molecule has 0 aromatic heterocycles. The summed E-state index contributed by atoms with van der Waals surface area (Å²) in [7, 11) is 0. The van der Waals surface area contributed by atoms with E-state index in [4.69, 9.17) is 4.74 Å². The molecule has 0 aliphatic rings. The van der Waals surface area contributed by atoms with Gasteiger partial charge in [-0.25, -0.2) is 4.79 Å².